The fraction of sp³-hybridized carbons (Fsp3) is 0.190. The van der Waals surface area contributed by atoms with E-state index >= 15 is 0 Å². The lowest BCUT2D eigenvalue weighted by Crippen LogP contribution is -2.26. The van der Waals surface area contributed by atoms with Crippen molar-refractivity contribution in [1.29, 1.82) is 0 Å². The van der Waals surface area contributed by atoms with Crippen LogP contribution >= 0.6 is 0 Å². The Morgan fingerprint density at radius 1 is 1.14 bits per heavy atom. The zero-order valence-electron chi connectivity index (χ0n) is 15.9. The maximum absolute atomic E-state index is 13.3. The number of hydrogen-bond acceptors (Lipinski definition) is 3. The molecule has 3 aromatic heterocycles. The second-order valence-electron chi connectivity index (χ2n) is 6.79. The molecule has 1 amide bonds. The lowest BCUT2D eigenvalue weighted by atomic mass is 10.1. The van der Waals surface area contributed by atoms with Crippen LogP contribution in [0.15, 0.2) is 61.1 Å². The van der Waals surface area contributed by atoms with E-state index in [1.165, 1.54) is 12.3 Å². The highest BCUT2D eigenvalue weighted by atomic mass is 19.3. The monoisotopic (exact) mass is 395 g/mol. The number of carbonyl (C=O) groups is 1. The van der Waals surface area contributed by atoms with Crippen molar-refractivity contribution in [2.45, 2.75) is 26.3 Å². The zero-order chi connectivity index (χ0) is 20.5. The quantitative estimate of drug-likeness (QED) is 0.549. The molecule has 1 N–H and O–H groups in total. The van der Waals surface area contributed by atoms with Crippen molar-refractivity contribution in [2.75, 3.05) is 0 Å². The Balaban J connectivity index is 1.56. The molecule has 1 unspecified atom stereocenters. The fourth-order valence-electron chi connectivity index (χ4n) is 3.23. The van der Waals surface area contributed by atoms with Gasteiger partial charge in [0.05, 0.1) is 12.2 Å². The molecule has 8 heteroatoms. The third-order valence-electron chi connectivity index (χ3n) is 4.74. The molecule has 148 valence electrons. The molecule has 0 bridgehead atoms. The van der Waals surface area contributed by atoms with E-state index in [9.17, 15) is 13.6 Å². The number of nitrogens with zero attached hydrogens (tertiary/aromatic N) is 4. The van der Waals surface area contributed by atoms with Crippen LogP contribution in [0.4, 0.5) is 8.78 Å². The first-order chi connectivity index (χ1) is 13.9. The number of nitrogens with one attached hydrogen (secondary N) is 1. The number of rotatable bonds is 5. The zero-order valence-corrected chi connectivity index (χ0v) is 15.9. The van der Waals surface area contributed by atoms with E-state index in [-0.39, 0.29) is 22.9 Å². The maximum atomic E-state index is 13.3. The molecule has 0 aliphatic rings. The van der Waals surface area contributed by atoms with E-state index in [4.69, 9.17) is 0 Å². The number of carbonyl (C=O) groups excluding carboxylic acids is 1. The minimum absolute atomic E-state index is 0.118. The summed E-state index contributed by atoms with van der Waals surface area (Å²) in [6.45, 7) is 3.47. The molecule has 0 radical (unpaired) electrons. The van der Waals surface area contributed by atoms with Crippen LogP contribution in [0.25, 0.3) is 11.3 Å². The number of hydrogen-bond donors (Lipinski definition) is 1. The van der Waals surface area contributed by atoms with Gasteiger partial charge >= 0.3 is 0 Å². The van der Waals surface area contributed by atoms with Crippen molar-refractivity contribution < 1.29 is 13.6 Å². The number of amides is 1. The third kappa shape index (κ3) is 3.61. The van der Waals surface area contributed by atoms with Crippen molar-refractivity contribution in [3.63, 3.8) is 0 Å². The van der Waals surface area contributed by atoms with Crippen LogP contribution in [0.3, 0.4) is 0 Å². The van der Waals surface area contributed by atoms with Gasteiger partial charge in [-0.1, -0.05) is 12.1 Å². The van der Waals surface area contributed by atoms with Crippen molar-refractivity contribution in [1.82, 2.24) is 24.5 Å². The molecule has 0 aliphatic heterocycles. The number of alkyl halides is 2. The molecular formula is C21H19F2N5O. The van der Waals surface area contributed by atoms with Gasteiger partial charge in [-0.3, -0.25) is 4.79 Å². The molecule has 0 saturated carbocycles. The molecule has 4 rings (SSSR count). The number of aromatic nitrogens is 4. The van der Waals surface area contributed by atoms with Gasteiger partial charge in [0.1, 0.15) is 11.3 Å². The smallest absolute Gasteiger partial charge is 0.280 e. The Morgan fingerprint density at radius 3 is 2.48 bits per heavy atom. The second kappa shape index (κ2) is 7.46. The highest BCUT2D eigenvalue weighted by molar-refractivity contribution is 5.99. The average Bonchev–Trinajstić information content (AvgIpc) is 3.37. The van der Waals surface area contributed by atoms with Gasteiger partial charge in [-0.2, -0.15) is 5.10 Å². The molecule has 4 aromatic rings. The SMILES string of the molecule is Cc1cc(C(F)F)n2ncc(C(=O)NC(C)c3ccc(-n4cccc4)cc3)c2n1. The minimum Gasteiger partial charge on any atom is -0.345 e. The molecule has 0 saturated heterocycles. The van der Waals surface area contributed by atoms with Gasteiger partial charge < -0.3 is 9.88 Å². The Hall–Kier alpha value is -3.55. The molecule has 0 aliphatic carbocycles. The molecule has 29 heavy (non-hydrogen) atoms. The summed E-state index contributed by atoms with van der Waals surface area (Å²) in [4.78, 5) is 17.0. The molecular weight excluding hydrogens is 376 g/mol. The number of benzene rings is 1. The van der Waals surface area contributed by atoms with Crippen LogP contribution in [0.1, 0.15) is 46.7 Å². The van der Waals surface area contributed by atoms with E-state index in [0.717, 1.165) is 15.8 Å². The first kappa shape index (κ1) is 18.8. The van der Waals surface area contributed by atoms with E-state index in [0.29, 0.717) is 5.69 Å². The Kier molecular flexibility index (Phi) is 4.84. The second-order valence-corrected chi connectivity index (χ2v) is 6.79. The summed E-state index contributed by atoms with van der Waals surface area (Å²) < 4.78 is 29.5. The third-order valence-corrected chi connectivity index (χ3v) is 4.74. The van der Waals surface area contributed by atoms with Gasteiger partial charge in [-0.15, -0.1) is 0 Å². The van der Waals surface area contributed by atoms with E-state index in [2.05, 4.69) is 15.4 Å². The summed E-state index contributed by atoms with van der Waals surface area (Å²) >= 11 is 0. The van der Waals surface area contributed by atoms with Crippen LogP contribution in [-0.2, 0) is 0 Å². The topological polar surface area (TPSA) is 64.2 Å². The lowest BCUT2D eigenvalue weighted by molar-refractivity contribution is 0.0941. The van der Waals surface area contributed by atoms with Gasteiger partial charge in [0.25, 0.3) is 12.3 Å². The largest absolute Gasteiger partial charge is 0.345 e. The van der Waals surface area contributed by atoms with Gasteiger partial charge in [0, 0.05) is 23.8 Å². The molecule has 0 spiro atoms. The van der Waals surface area contributed by atoms with Gasteiger partial charge in [0.2, 0.25) is 0 Å². The van der Waals surface area contributed by atoms with E-state index < -0.39 is 12.3 Å². The highest BCUT2D eigenvalue weighted by Crippen LogP contribution is 2.22. The highest BCUT2D eigenvalue weighted by Gasteiger charge is 2.21. The van der Waals surface area contributed by atoms with Crippen molar-refractivity contribution in [3.8, 4) is 5.69 Å². The first-order valence-electron chi connectivity index (χ1n) is 9.11. The van der Waals surface area contributed by atoms with Crippen molar-refractivity contribution in [3.05, 3.63) is 83.6 Å². The van der Waals surface area contributed by atoms with Crippen LogP contribution in [0.5, 0.6) is 0 Å². The van der Waals surface area contributed by atoms with Gasteiger partial charge in [0.15, 0.2) is 5.65 Å². The summed E-state index contributed by atoms with van der Waals surface area (Å²) in [6, 6.07) is 12.7. The van der Waals surface area contributed by atoms with Crippen molar-refractivity contribution in [2.24, 2.45) is 0 Å². The summed E-state index contributed by atoms with van der Waals surface area (Å²) in [7, 11) is 0. The van der Waals surface area contributed by atoms with Crippen LogP contribution in [0, 0.1) is 6.92 Å². The Bertz CT molecular complexity index is 1150. The lowest BCUT2D eigenvalue weighted by Gasteiger charge is -2.15. The van der Waals surface area contributed by atoms with Gasteiger partial charge in [-0.05, 0) is 49.7 Å². The van der Waals surface area contributed by atoms with Crippen LogP contribution in [0.2, 0.25) is 0 Å². The summed E-state index contributed by atoms with van der Waals surface area (Å²) in [6.07, 6.45) is 2.46. The standard InChI is InChI=1S/C21H19F2N5O/c1-13-11-18(19(22)23)28-20(25-13)17(12-24-28)21(29)26-14(2)15-5-7-16(8-6-15)27-9-3-4-10-27/h3-12,14,19H,1-2H3,(H,26,29). The summed E-state index contributed by atoms with van der Waals surface area (Å²) in [5, 5.41) is 6.82. The molecule has 3 heterocycles. The van der Waals surface area contributed by atoms with Crippen LogP contribution < -0.4 is 5.32 Å². The maximum Gasteiger partial charge on any atom is 0.280 e. The summed E-state index contributed by atoms with van der Waals surface area (Å²) in [5.74, 6) is -0.416. The van der Waals surface area contributed by atoms with Crippen molar-refractivity contribution >= 4 is 11.6 Å². The predicted octanol–water partition coefficient (Wildman–Crippen LogP) is 4.26. The van der Waals surface area contributed by atoms with Gasteiger partial charge in [-0.25, -0.2) is 18.3 Å². The summed E-state index contributed by atoms with van der Waals surface area (Å²) in [5.41, 5.74) is 2.32. The average molecular weight is 395 g/mol. The Morgan fingerprint density at radius 2 is 1.83 bits per heavy atom. The predicted molar refractivity (Wildman–Crippen MR) is 104 cm³/mol. The van der Waals surface area contributed by atoms with E-state index in [1.807, 2.05) is 60.3 Å². The fourth-order valence-corrected chi connectivity index (χ4v) is 3.23. The number of fused-ring (bicyclic) bond motifs is 1. The molecule has 1 aromatic carbocycles. The minimum atomic E-state index is -2.72. The molecule has 6 nitrogen and oxygen atoms in total. The molecule has 0 fully saturated rings. The number of halogens is 2. The Labute approximate surface area is 165 Å². The normalized spacial score (nSPS) is 12.4. The first-order valence-corrected chi connectivity index (χ1v) is 9.11. The van der Waals surface area contributed by atoms with E-state index in [1.54, 1.807) is 6.92 Å². The van der Waals surface area contributed by atoms with Crippen LogP contribution in [-0.4, -0.2) is 25.1 Å². The number of aryl methyl sites for hydroxylation is 1. The molecule has 1 atom stereocenters.